The van der Waals surface area contributed by atoms with Crippen molar-refractivity contribution in [2.75, 3.05) is 31.8 Å². The van der Waals surface area contributed by atoms with Crippen LogP contribution in [0.25, 0.3) is 21.7 Å². The highest BCUT2D eigenvalue weighted by atomic mass is 32.2. The minimum Gasteiger partial charge on any atom is -0.450 e. The predicted octanol–water partition coefficient (Wildman–Crippen LogP) is 3.17. The number of rotatable bonds is 5. The van der Waals surface area contributed by atoms with Gasteiger partial charge in [-0.15, -0.1) is 0 Å². The van der Waals surface area contributed by atoms with Crippen molar-refractivity contribution in [1.82, 2.24) is 4.90 Å². The molecule has 2 aromatic carbocycles. The molecule has 0 aliphatic carbocycles. The summed E-state index contributed by atoms with van der Waals surface area (Å²) in [6, 6.07) is 11.5. The van der Waals surface area contributed by atoms with E-state index in [1.54, 1.807) is 12.0 Å². The smallest absolute Gasteiger partial charge is 0.290 e. The van der Waals surface area contributed by atoms with Crippen molar-refractivity contribution in [3.63, 3.8) is 0 Å². The van der Waals surface area contributed by atoms with Crippen molar-refractivity contribution in [2.45, 2.75) is 19.4 Å². The van der Waals surface area contributed by atoms with Gasteiger partial charge in [0.05, 0.1) is 18.1 Å². The number of ether oxygens (including phenoxy) is 1. The maximum absolute atomic E-state index is 13.4. The lowest BCUT2D eigenvalue weighted by Crippen LogP contribution is -2.43. The van der Waals surface area contributed by atoms with Gasteiger partial charge < -0.3 is 14.1 Å². The summed E-state index contributed by atoms with van der Waals surface area (Å²) < 4.78 is 35.1. The lowest BCUT2D eigenvalue weighted by atomic mass is 10.1. The molecule has 1 aliphatic heterocycles. The Morgan fingerprint density at radius 3 is 2.71 bits per heavy atom. The summed E-state index contributed by atoms with van der Waals surface area (Å²) in [7, 11) is -1.55. The topological polar surface area (TPSA) is 76.8 Å². The van der Waals surface area contributed by atoms with Crippen LogP contribution in [0.5, 0.6) is 0 Å². The molecular formula is C21H23NO5S. The molecular weight excluding hydrogens is 378 g/mol. The van der Waals surface area contributed by atoms with Crippen molar-refractivity contribution in [3.8, 4) is 0 Å². The third-order valence-electron chi connectivity index (χ3n) is 5.47. The Morgan fingerprint density at radius 1 is 1.21 bits per heavy atom. The second-order valence-electron chi connectivity index (χ2n) is 7.27. The van der Waals surface area contributed by atoms with E-state index in [2.05, 4.69) is 0 Å². The molecule has 7 heteroatoms. The number of amides is 1. The number of nitrogens with zero attached hydrogens (tertiary/aromatic N) is 1. The van der Waals surface area contributed by atoms with Crippen LogP contribution in [0.3, 0.4) is 0 Å². The molecule has 0 N–H and O–H groups in total. The summed E-state index contributed by atoms with van der Waals surface area (Å²) in [5, 5.41) is 2.89. The van der Waals surface area contributed by atoms with E-state index in [0.29, 0.717) is 25.2 Å². The molecule has 0 radical (unpaired) electrons. The fourth-order valence-corrected chi connectivity index (χ4v) is 5.68. The molecule has 1 atom stereocenters. The lowest BCUT2D eigenvalue weighted by molar-refractivity contribution is 0.0595. The standard InChI is InChI=1S/C21H23NO5S/c1-14-17-8-7-15-5-3-4-6-18(15)20(17)27-19(14)21(23)22(10-11-26-2)16-9-12-28(24,25)13-16/h3-8,16H,9-13H2,1-2H3. The van der Waals surface area contributed by atoms with Crippen LogP contribution in [0.2, 0.25) is 0 Å². The summed E-state index contributed by atoms with van der Waals surface area (Å²) in [6.45, 7) is 2.53. The van der Waals surface area contributed by atoms with Gasteiger partial charge in [0.1, 0.15) is 5.58 Å². The molecule has 0 spiro atoms. The predicted molar refractivity (Wildman–Crippen MR) is 108 cm³/mol. The zero-order valence-electron chi connectivity index (χ0n) is 16.0. The van der Waals surface area contributed by atoms with Gasteiger partial charge in [0.15, 0.2) is 15.6 Å². The summed E-state index contributed by atoms with van der Waals surface area (Å²) in [5.74, 6) is 0.0896. The van der Waals surface area contributed by atoms with Gasteiger partial charge in [0.25, 0.3) is 5.91 Å². The van der Waals surface area contributed by atoms with Crippen LogP contribution in [-0.4, -0.2) is 57.0 Å². The number of aryl methyl sites for hydroxylation is 1. The first-order chi connectivity index (χ1) is 13.4. The maximum Gasteiger partial charge on any atom is 0.290 e. The van der Waals surface area contributed by atoms with E-state index < -0.39 is 9.84 Å². The average molecular weight is 401 g/mol. The van der Waals surface area contributed by atoms with Gasteiger partial charge in [0.2, 0.25) is 0 Å². The van der Waals surface area contributed by atoms with E-state index in [-0.39, 0.29) is 29.2 Å². The average Bonchev–Trinajstić information content (AvgIpc) is 3.21. The van der Waals surface area contributed by atoms with Crippen LogP contribution in [0, 0.1) is 6.92 Å². The van der Waals surface area contributed by atoms with Gasteiger partial charge in [-0.25, -0.2) is 8.42 Å². The molecule has 28 heavy (non-hydrogen) atoms. The number of fused-ring (bicyclic) bond motifs is 3. The second kappa shape index (κ2) is 7.22. The van der Waals surface area contributed by atoms with Crippen LogP contribution >= 0.6 is 0 Å². The minimum atomic E-state index is -3.11. The summed E-state index contributed by atoms with van der Waals surface area (Å²) >= 11 is 0. The van der Waals surface area contributed by atoms with Gasteiger partial charge >= 0.3 is 0 Å². The van der Waals surface area contributed by atoms with Gasteiger partial charge in [-0.05, 0) is 18.7 Å². The maximum atomic E-state index is 13.4. The van der Waals surface area contributed by atoms with Crippen molar-refractivity contribution in [1.29, 1.82) is 0 Å². The zero-order chi connectivity index (χ0) is 19.9. The Kier molecular flexibility index (Phi) is 4.89. The summed E-state index contributed by atoms with van der Waals surface area (Å²) in [5.41, 5.74) is 1.46. The van der Waals surface area contributed by atoms with E-state index in [0.717, 1.165) is 21.7 Å². The first-order valence-electron chi connectivity index (χ1n) is 9.32. The van der Waals surface area contributed by atoms with Crippen LogP contribution in [0.1, 0.15) is 22.5 Å². The highest BCUT2D eigenvalue weighted by Crippen LogP contribution is 2.33. The molecule has 1 amide bonds. The molecule has 0 bridgehead atoms. The third-order valence-corrected chi connectivity index (χ3v) is 7.22. The molecule has 1 aliphatic rings. The number of hydrogen-bond donors (Lipinski definition) is 0. The molecule has 1 saturated heterocycles. The third kappa shape index (κ3) is 3.29. The zero-order valence-corrected chi connectivity index (χ0v) is 16.8. The Labute approximate surface area is 164 Å². The summed E-state index contributed by atoms with van der Waals surface area (Å²) in [4.78, 5) is 15.0. The molecule has 148 valence electrons. The number of hydrogen-bond acceptors (Lipinski definition) is 5. The van der Waals surface area contributed by atoms with Crippen LogP contribution in [0.4, 0.5) is 0 Å². The molecule has 3 aromatic rings. The normalized spacial score (nSPS) is 18.7. The van der Waals surface area contributed by atoms with Crippen LogP contribution in [-0.2, 0) is 14.6 Å². The lowest BCUT2D eigenvalue weighted by Gasteiger charge is -2.27. The van der Waals surface area contributed by atoms with E-state index in [1.165, 1.54) is 0 Å². The Morgan fingerprint density at radius 2 is 2.00 bits per heavy atom. The Hall–Kier alpha value is -2.38. The fraction of sp³-hybridized carbons (Fsp3) is 0.381. The highest BCUT2D eigenvalue weighted by molar-refractivity contribution is 7.91. The molecule has 0 saturated carbocycles. The van der Waals surface area contributed by atoms with E-state index in [1.807, 2.05) is 43.3 Å². The second-order valence-corrected chi connectivity index (χ2v) is 9.50. The van der Waals surface area contributed by atoms with Crippen molar-refractivity contribution >= 4 is 37.5 Å². The quantitative estimate of drug-likeness (QED) is 0.656. The Balaban J connectivity index is 1.77. The number of carbonyl (C=O) groups excluding carboxylic acids is 1. The van der Waals surface area contributed by atoms with Crippen molar-refractivity contribution in [3.05, 3.63) is 47.7 Å². The number of benzene rings is 2. The number of methoxy groups -OCH3 is 1. The molecule has 1 unspecified atom stereocenters. The molecule has 4 rings (SSSR count). The first-order valence-corrected chi connectivity index (χ1v) is 11.1. The summed E-state index contributed by atoms with van der Waals surface area (Å²) in [6.07, 6.45) is 0.444. The molecule has 2 heterocycles. The highest BCUT2D eigenvalue weighted by Gasteiger charge is 2.36. The van der Waals surface area contributed by atoms with Crippen molar-refractivity contribution < 1.29 is 22.4 Å². The van der Waals surface area contributed by atoms with Crippen LogP contribution in [0.15, 0.2) is 40.8 Å². The van der Waals surface area contributed by atoms with Gasteiger partial charge in [0, 0.05) is 36.0 Å². The Bertz CT molecular complexity index is 1150. The largest absolute Gasteiger partial charge is 0.450 e. The SMILES string of the molecule is COCCN(C(=O)c1oc2c(ccc3ccccc32)c1C)C1CCS(=O)(=O)C1. The van der Waals surface area contributed by atoms with Gasteiger partial charge in [-0.2, -0.15) is 0 Å². The number of sulfone groups is 1. The van der Waals surface area contributed by atoms with E-state index in [4.69, 9.17) is 9.15 Å². The molecule has 6 nitrogen and oxygen atoms in total. The minimum absolute atomic E-state index is 0.00926. The van der Waals surface area contributed by atoms with Gasteiger partial charge in [-0.3, -0.25) is 4.79 Å². The first kappa shape index (κ1) is 19.0. The van der Waals surface area contributed by atoms with Crippen molar-refractivity contribution in [2.24, 2.45) is 0 Å². The monoisotopic (exact) mass is 401 g/mol. The number of furan rings is 1. The van der Waals surface area contributed by atoms with E-state index in [9.17, 15) is 13.2 Å². The molecule has 1 aromatic heterocycles. The van der Waals surface area contributed by atoms with E-state index >= 15 is 0 Å². The van der Waals surface area contributed by atoms with Crippen LogP contribution < -0.4 is 0 Å². The fourth-order valence-electron chi connectivity index (χ4n) is 3.94. The van der Waals surface area contributed by atoms with Gasteiger partial charge in [-0.1, -0.05) is 36.4 Å². The number of carbonyl (C=O) groups is 1. The molecule has 1 fully saturated rings.